The Hall–Kier alpha value is -0.920. The van der Waals surface area contributed by atoms with E-state index >= 15 is 0 Å². The summed E-state index contributed by atoms with van der Waals surface area (Å²) in [4.78, 5) is 9.06. The SMILES string of the molecule is CCCc1cc(C)nc(C(C)(C)C)n1. The van der Waals surface area contributed by atoms with Crippen molar-refractivity contribution in [2.45, 2.75) is 52.9 Å². The highest BCUT2D eigenvalue weighted by Crippen LogP contribution is 2.18. The average molecular weight is 192 g/mol. The van der Waals surface area contributed by atoms with E-state index in [4.69, 9.17) is 0 Å². The molecule has 0 aliphatic heterocycles. The normalized spacial score (nSPS) is 11.8. The third-order valence-electron chi connectivity index (χ3n) is 2.08. The molecule has 0 aliphatic rings. The van der Waals surface area contributed by atoms with Gasteiger partial charge in [0.2, 0.25) is 0 Å². The summed E-state index contributed by atoms with van der Waals surface area (Å²) >= 11 is 0. The first-order valence-corrected chi connectivity index (χ1v) is 5.28. The van der Waals surface area contributed by atoms with Gasteiger partial charge in [0.15, 0.2) is 0 Å². The topological polar surface area (TPSA) is 25.8 Å². The van der Waals surface area contributed by atoms with E-state index < -0.39 is 0 Å². The van der Waals surface area contributed by atoms with E-state index in [1.54, 1.807) is 0 Å². The minimum absolute atomic E-state index is 0.0501. The molecule has 0 saturated heterocycles. The molecule has 0 aliphatic carbocycles. The lowest BCUT2D eigenvalue weighted by Crippen LogP contribution is -2.17. The Morgan fingerprint density at radius 1 is 1.21 bits per heavy atom. The quantitative estimate of drug-likeness (QED) is 0.719. The van der Waals surface area contributed by atoms with Crippen LogP contribution in [-0.2, 0) is 11.8 Å². The smallest absolute Gasteiger partial charge is 0.134 e. The molecule has 1 aromatic heterocycles. The van der Waals surface area contributed by atoms with Crippen LogP contribution in [0.2, 0.25) is 0 Å². The Kier molecular flexibility index (Phi) is 3.25. The number of nitrogens with zero attached hydrogens (tertiary/aromatic N) is 2. The predicted octanol–water partition coefficient (Wildman–Crippen LogP) is 3.04. The second-order valence-electron chi connectivity index (χ2n) is 4.82. The van der Waals surface area contributed by atoms with Crippen molar-refractivity contribution in [1.82, 2.24) is 9.97 Å². The number of hydrogen-bond donors (Lipinski definition) is 0. The van der Waals surface area contributed by atoms with Crippen LogP contribution in [0.4, 0.5) is 0 Å². The van der Waals surface area contributed by atoms with Gasteiger partial charge in [-0.25, -0.2) is 9.97 Å². The first kappa shape index (κ1) is 11.2. The Labute approximate surface area is 86.8 Å². The summed E-state index contributed by atoms with van der Waals surface area (Å²) in [6.07, 6.45) is 2.19. The van der Waals surface area contributed by atoms with Gasteiger partial charge in [0.25, 0.3) is 0 Å². The van der Waals surface area contributed by atoms with Crippen LogP contribution in [0.1, 0.15) is 51.3 Å². The Balaban J connectivity index is 3.07. The van der Waals surface area contributed by atoms with Gasteiger partial charge in [0.05, 0.1) is 0 Å². The third kappa shape index (κ3) is 2.79. The zero-order chi connectivity index (χ0) is 10.8. The summed E-state index contributed by atoms with van der Waals surface area (Å²) in [6.45, 7) is 10.7. The number of aromatic nitrogens is 2. The van der Waals surface area contributed by atoms with Crippen molar-refractivity contribution in [3.8, 4) is 0 Å². The Bertz CT molecular complexity index is 311. The van der Waals surface area contributed by atoms with Gasteiger partial charge in [-0.1, -0.05) is 34.1 Å². The molecule has 1 heterocycles. The van der Waals surface area contributed by atoms with Crippen molar-refractivity contribution >= 4 is 0 Å². The van der Waals surface area contributed by atoms with Gasteiger partial charge < -0.3 is 0 Å². The van der Waals surface area contributed by atoms with Gasteiger partial charge in [-0.2, -0.15) is 0 Å². The van der Waals surface area contributed by atoms with Crippen LogP contribution < -0.4 is 0 Å². The van der Waals surface area contributed by atoms with Gasteiger partial charge in [0, 0.05) is 16.8 Å². The lowest BCUT2D eigenvalue weighted by molar-refractivity contribution is 0.538. The van der Waals surface area contributed by atoms with Gasteiger partial charge in [-0.3, -0.25) is 0 Å². The Morgan fingerprint density at radius 3 is 2.36 bits per heavy atom. The second-order valence-corrected chi connectivity index (χ2v) is 4.82. The van der Waals surface area contributed by atoms with E-state index in [1.165, 1.54) is 5.69 Å². The van der Waals surface area contributed by atoms with Crippen LogP contribution in [0.3, 0.4) is 0 Å². The van der Waals surface area contributed by atoms with E-state index in [2.05, 4.69) is 43.7 Å². The number of aryl methyl sites for hydroxylation is 2. The average Bonchev–Trinajstić information content (AvgIpc) is 2.02. The fourth-order valence-corrected chi connectivity index (χ4v) is 1.35. The molecule has 0 unspecified atom stereocenters. The third-order valence-corrected chi connectivity index (χ3v) is 2.08. The summed E-state index contributed by atoms with van der Waals surface area (Å²) in [5, 5.41) is 0. The van der Waals surface area contributed by atoms with Gasteiger partial charge >= 0.3 is 0 Å². The van der Waals surface area contributed by atoms with Crippen molar-refractivity contribution in [2.75, 3.05) is 0 Å². The molecule has 0 spiro atoms. The minimum atomic E-state index is 0.0501. The van der Waals surface area contributed by atoms with Crippen LogP contribution in [0.5, 0.6) is 0 Å². The molecular weight excluding hydrogens is 172 g/mol. The fraction of sp³-hybridized carbons (Fsp3) is 0.667. The molecule has 1 aromatic rings. The van der Waals surface area contributed by atoms with Crippen LogP contribution in [0.25, 0.3) is 0 Å². The van der Waals surface area contributed by atoms with E-state index in [9.17, 15) is 0 Å². The molecule has 0 atom stereocenters. The lowest BCUT2D eigenvalue weighted by atomic mass is 9.95. The highest BCUT2D eigenvalue weighted by molar-refractivity contribution is 5.14. The minimum Gasteiger partial charge on any atom is -0.238 e. The zero-order valence-electron chi connectivity index (χ0n) is 9.89. The van der Waals surface area contributed by atoms with Crippen LogP contribution >= 0.6 is 0 Å². The van der Waals surface area contributed by atoms with Gasteiger partial charge in [-0.15, -0.1) is 0 Å². The zero-order valence-corrected chi connectivity index (χ0v) is 9.89. The molecule has 2 nitrogen and oxygen atoms in total. The van der Waals surface area contributed by atoms with Gasteiger partial charge in [0.1, 0.15) is 5.82 Å². The Morgan fingerprint density at radius 2 is 1.86 bits per heavy atom. The number of rotatable bonds is 2. The summed E-state index contributed by atoms with van der Waals surface area (Å²) in [5.41, 5.74) is 2.30. The van der Waals surface area contributed by atoms with Gasteiger partial charge in [-0.05, 0) is 19.4 Å². The maximum absolute atomic E-state index is 4.58. The first-order chi connectivity index (χ1) is 6.43. The highest BCUT2D eigenvalue weighted by atomic mass is 14.9. The first-order valence-electron chi connectivity index (χ1n) is 5.28. The molecule has 14 heavy (non-hydrogen) atoms. The largest absolute Gasteiger partial charge is 0.238 e. The maximum atomic E-state index is 4.58. The molecule has 1 rings (SSSR count). The molecule has 0 amide bonds. The molecule has 78 valence electrons. The summed E-state index contributed by atoms with van der Waals surface area (Å²) in [5.74, 6) is 0.959. The van der Waals surface area contributed by atoms with Crippen molar-refractivity contribution in [3.05, 3.63) is 23.3 Å². The molecule has 0 radical (unpaired) electrons. The number of hydrogen-bond acceptors (Lipinski definition) is 2. The lowest BCUT2D eigenvalue weighted by Gasteiger charge is -2.17. The van der Waals surface area contributed by atoms with E-state index in [-0.39, 0.29) is 5.41 Å². The summed E-state index contributed by atoms with van der Waals surface area (Å²) in [7, 11) is 0. The molecule has 0 aromatic carbocycles. The monoisotopic (exact) mass is 192 g/mol. The predicted molar refractivity (Wildman–Crippen MR) is 59.5 cm³/mol. The van der Waals surface area contributed by atoms with Crippen molar-refractivity contribution < 1.29 is 0 Å². The van der Waals surface area contributed by atoms with Crippen molar-refractivity contribution in [1.29, 1.82) is 0 Å². The fourth-order valence-electron chi connectivity index (χ4n) is 1.35. The molecule has 0 saturated carbocycles. The van der Waals surface area contributed by atoms with E-state index in [1.807, 2.05) is 6.92 Å². The van der Waals surface area contributed by atoms with Crippen molar-refractivity contribution in [2.24, 2.45) is 0 Å². The summed E-state index contributed by atoms with van der Waals surface area (Å²) in [6, 6.07) is 2.08. The van der Waals surface area contributed by atoms with Crippen LogP contribution in [-0.4, -0.2) is 9.97 Å². The van der Waals surface area contributed by atoms with Crippen LogP contribution in [0, 0.1) is 6.92 Å². The molecule has 2 heteroatoms. The second kappa shape index (κ2) is 4.07. The molecule has 0 bridgehead atoms. The van der Waals surface area contributed by atoms with Crippen molar-refractivity contribution in [3.63, 3.8) is 0 Å². The summed E-state index contributed by atoms with van der Waals surface area (Å²) < 4.78 is 0. The van der Waals surface area contributed by atoms with E-state index in [0.29, 0.717) is 0 Å². The molecular formula is C12H20N2. The maximum Gasteiger partial charge on any atom is 0.134 e. The molecule has 0 fully saturated rings. The standard InChI is InChI=1S/C12H20N2/c1-6-7-10-8-9(2)13-11(14-10)12(3,4)5/h8H,6-7H2,1-5H3. The van der Waals surface area contributed by atoms with Crippen LogP contribution in [0.15, 0.2) is 6.07 Å². The highest BCUT2D eigenvalue weighted by Gasteiger charge is 2.17. The van der Waals surface area contributed by atoms with E-state index in [0.717, 1.165) is 24.4 Å². The molecule has 0 N–H and O–H groups in total.